The van der Waals surface area contributed by atoms with Crippen molar-refractivity contribution in [3.63, 3.8) is 0 Å². The van der Waals surface area contributed by atoms with Crippen LogP contribution in [-0.2, 0) is 4.79 Å². The van der Waals surface area contributed by atoms with E-state index in [2.05, 4.69) is 10.6 Å². The lowest BCUT2D eigenvalue weighted by Crippen LogP contribution is -2.21. The van der Waals surface area contributed by atoms with Gasteiger partial charge in [-0.1, -0.05) is 18.2 Å². The highest BCUT2D eigenvalue weighted by atomic mass is 32.1. The Balaban J connectivity index is 1.82. The Hall–Kier alpha value is -3.45. The van der Waals surface area contributed by atoms with Gasteiger partial charge >= 0.3 is 0 Å². The highest BCUT2D eigenvalue weighted by Crippen LogP contribution is 2.27. The van der Waals surface area contributed by atoms with Crippen molar-refractivity contribution in [2.24, 2.45) is 0 Å². The summed E-state index contributed by atoms with van der Waals surface area (Å²) in [6.07, 6.45) is 3.64. The topological polar surface area (TPSA) is 68.2 Å². The Bertz CT molecular complexity index is 1040. The third kappa shape index (κ3) is 3.45. The molecular weight excluding hydrogens is 360 g/mol. The molecule has 0 bridgehead atoms. The van der Waals surface area contributed by atoms with Crippen LogP contribution in [0.4, 0.5) is 0 Å². The van der Waals surface area contributed by atoms with Crippen LogP contribution in [0.5, 0.6) is 5.75 Å². The van der Waals surface area contributed by atoms with Gasteiger partial charge in [0, 0.05) is 17.3 Å². The first-order valence-corrected chi connectivity index (χ1v) is 8.68. The molecule has 0 unspecified atom stereocenters. The normalized spacial score (nSPS) is 14.9. The highest BCUT2D eigenvalue weighted by molar-refractivity contribution is 7.80. The Labute approximate surface area is 161 Å². The summed E-state index contributed by atoms with van der Waals surface area (Å²) in [6.45, 7) is 0. The second kappa shape index (κ2) is 7.05. The zero-order valence-corrected chi connectivity index (χ0v) is 15.3. The van der Waals surface area contributed by atoms with E-state index in [0.29, 0.717) is 10.8 Å². The summed E-state index contributed by atoms with van der Waals surface area (Å²) in [5, 5.41) is 10.5. The summed E-state index contributed by atoms with van der Waals surface area (Å²) < 4.78 is 7.02. The molecule has 1 amide bonds. The van der Waals surface area contributed by atoms with Crippen molar-refractivity contribution in [3.05, 3.63) is 72.1 Å². The van der Waals surface area contributed by atoms with E-state index in [-0.39, 0.29) is 5.91 Å². The molecule has 0 saturated carbocycles. The number of amides is 1. The van der Waals surface area contributed by atoms with Gasteiger partial charge in [0.2, 0.25) is 0 Å². The quantitative estimate of drug-likeness (QED) is 0.541. The van der Waals surface area contributed by atoms with Crippen molar-refractivity contribution in [3.8, 4) is 22.7 Å². The van der Waals surface area contributed by atoms with Crippen LogP contribution in [0.2, 0.25) is 0 Å². The van der Waals surface area contributed by atoms with Gasteiger partial charge in [-0.05, 0) is 54.7 Å². The molecule has 1 aliphatic rings. The molecule has 4 rings (SSSR count). The van der Waals surface area contributed by atoms with Gasteiger partial charge in [0.15, 0.2) is 5.11 Å². The predicted octanol–water partition coefficient (Wildman–Crippen LogP) is 2.89. The van der Waals surface area contributed by atoms with Crippen LogP contribution in [-0.4, -0.2) is 27.9 Å². The molecule has 6 nitrogen and oxygen atoms in total. The van der Waals surface area contributed by atoms with E-state index < -0.39 is 0 Å². The maximum atomic E-state index is 12.0. The number of aromatic nitrogens is 2. The van der Waals surface area contributed by atoms with Crippen LogP contribution in [0.3, 0.4) is 0 Å². The van der Waals surface area contributed by atoms with Gasteiger partial charge in [-0.2, -0.15) is 5.10 Å². The maximum absolute atomic E-state index is 12.0. The second-order valence-electron chi connectivity index (χ2n) is 5.91. The van der Waals surface area contributed by atoms with Crippen molar-refractivity contribution in [2.45, 2.75) is 0 Å². The van der Waals surface area contributed by atoms with Crippen LogP contribution in [0.15, 0.2) is 66.5 Å². The first kappa shape index (κ1) is 17.0. The fraction of sp³-hybridized carbons (Fsp3) is 0.0500. The molecule has 1 fully saturated rings. The number of para-hydroxylation sites is 1. The summed E-state index contributed by atoms with van der Waals surface area (Å²) in [5.41, 5.74) is 3.78. The molecule has 134 valence electrons. The molecule has 2 N–H and O–H groups in total. The summed E-state index contributed by atoms with van der Waals surface area (Å²) in [7, 11) is 1.63. The molecule has 1 aromatic heterocycles. The molecule has 3 aromatic rings. The summed E-state index contributed by atoms with van der Waals surface area (Å²) in [4.78, 5) is 12.0. The Morgan fingerprint density at radius 2 is 1.81 bits per heavy atom. The molecule has 27 heavy (non-hydrogen) atoms. The Morgan fingerprint density at radius 1 is 1.07 bits per heavy atom. The van der Waals surface area contributed by atoms with Gasteiger partial charge in [-0.25, -0.2) is 4.68 Å². The number of nitrogens with one attached hydrogen (secondary N) is 2. The van der Waals surface area contributed by atoms with Gasteiger partial charge in [0.1, 0.15) is 17.1 Å². The molecule has 7 heteroatoms. The minimum absolute atomic E-state index is 0.256. The molecule has 1 saturated heterocycles. The minimum Gasteiger partial charge on any atom is -0.497 e. The monoisotopic (exact) mass is 376 g/mol. The SMILES string of the molecule is COc1ccc(-c2nn(-c3ccccc3)cc2/C=C2/NC(=S)NC2=O)cc1. The third-order valence-corrected chi connectivity index (χ3v) is 4.35. The molecule has 0 atom stereocenters. The van der Waals surface area contributed by atoms with Crippen LogP contribution in [0.1, 0.15) is 5.56 Å². The number of hydrogen-bond acceptors (Lipinski definition) is 4. The number of rotatable bonds is 4. The molecule has 1 aliphatic heterocycles. The molecule has 0 spiro atoms. The molecular formula is C20H16N4O2S. The van der Waals surface area contributed by atoms with E-state index in [1.165, 1.54) is 0 Å². The zero-order chi connectivity index (χ0) is 18.8. The molecule has 0 aliphatic carbocycles. The summed E-state index contributed by atoms with van der Waals surface area (Å²) >= 11 is 5.01. The fourth-order valence-corrected chi connectivity index (χ4v) is 3.02. The smallest absolute Gasteiger partial charge is 0.273 e. The van der Waals surface area contributed by atoms with Gasteiger partial charge in [0.05, 0.1) is 12.8 Å². The number of ether oxygens (including phenoxy) is 1. The number of carbonyl (C=O) groups excluding carboxylic acids is 1. The second-order valence-corrected chi connectivity index (χ2v) is 6.32. The number of nitrogens with zero attached hydrogens (tertiary/aromatic N) is 2. The van der Waals surface area contributed by atoms with Crippen LogP contribution < -0.4 is 15.4 Å². The number of carbonyl (C=O) groups is 1. The average Bonchev–Trinajstić information content (AvgIpc) is 3.25. The highest BCUT2D eigenvalue weighted by Gasteiger charge is 2.21. The van der Waals surface area contributed by atoms with Crippen molar-refractivity contribution in [1.29, 1.82) is 0 Å². The van der Waals surface area contributed by atoms with Crippen molar-refractivity contribution in [1.82, 2.24) is 20.4 Å². The lowest BCUT2D eigenvalue weighted by atomic mass is 10.1. The van der Waals surface area contributed by atoms with Crippen LogP contribution in [0.25, 0.3) is 23.0 Å². The van der Waals surface area contributed by atoms with E-state index in [0.717, 1.165) is 28.3 Å². The summed E-state index contributed by atoms with van der Waals surface area (Å²) in [6, 6.07) is 17.4. The van der Waals surface area contributed by atoms with Crippen molar-refractivity contribution < 1.29 is 9.53 Å². The number of methoxy groups -OCH3 is 1. The third-order valence-electron chi connectivity index (χ3n) is 4.15. The number of hydrogen-bond donors (Lipinski definition) is 2. The lowest BCUT2D eigenvalue weighted by Gasteiger charge is -2.03. The Kier molecular flexibility index (Phi) is 4.43. The fourth-order valence-electron chi connectivity index (χ4n) is 2.82. The van der Waals surface area contributed by atoms with E-state index >= 15 is 0 Å². The van der Waals surface area contributed by atoms with Gasteiger partial charge < -0.3 is 10.1 Å². The standard InChI is InChI=1S/C20H16N4O2S/c1-26-16-9-7-13(8-10-16)18-14(11-17-19(25)22-20(27)21-17)12-24(23-18)15-5-3-2-4-6-15/h2-12H,1H3,(H2,21,22,25,27)/b17-11+. The van der Waals surface area contributed by atoms with E-state index in [1.54, 1.807) is 17.9 Å². The molecule has 2 heterocycles. The van der Waals surface area contributed by atoms with E-state index in [9.17, 15) is 4.79 Å². The molecule has 2 aromatic carbocycles. The first-order chi connectivity index (χ1) is 13.1. The maximum Gasteiger partial charge on any atom is 0.273 e. The van der Waals surface area contributed by atoms with Crippen molar-refractivity contribution in [2.75, 3.05) is 7.11 Å². The Morgan fingerprint density at radius 3 is 2.44 bits per heavy atom. The first-order valence-electron chi connectivity index (χ1n) is 8.27. The minimum atomic E-state index is -0.256. The lowest BCUT2D eigenvalue weighted by molar-refractivity contribution is -0.115. The number of thiocarbonyl (C=S) groups is 1. The van der Waals surface area contributed by atoms with Crippen molar-refractivity contribution >= 4 is 29.3 Å². The summed E-state index contributed by atoms with van der Waals surface area (Å²) in [5.74, 6) is 0.511. The van der Waals surface area contributed by atoms with Gasteiger partial charge in [0.25, 0.3) is 5.91 Å². The average molecular weight is 376 g/mol. The number of benzene rings is 2. The van der Waals surface area contributed by atoms with Crippen LogP contribution >= 0.6 is 12.2 Å². The van der Waals surface area contributed by atoms with Gasteiger partial charge in [-0.3, -0.25) is 10.1 Å². The molecule has 0 radical (unpaired) electrons. The van der Waals surface area contributed by atoms with Gasteiger partial charge in [-0.15, -0.1) is 0 Å². The zero-order valence-electron chi connectivity index (χ0n) is 14.5. The largest absolute Gasteiger partial charge is 0.497 e. The van der Waals surface area contributed by atoms with E-state index in [4.69, 9.17) is 22.1 Å². The van der Waals surface area contributed by atoms with E-state index in [1.807, 2.05) is 60.8 Å². The predicted molar refractivity (Wildman–Crippen MR) is 107 cm³/mol. The van der Waals surface area contributed by atoms with Crippen LogP contribution in [0, 0.1) is 0 Å².